The topological polar surface area (TPSA) is 18.5 Å². The molecule has 0 aromatic carbocycles. The maximum absolute atomic E-state index is 3.54. The number of nitrogens with one attached hydrogen (secondary N) is 1. The first-order chi connectivity index (χ1) is 8.85. The van der Waals surface area contributed by atoms with Gasteiger partial charge in [-0.25, -0.2) is 0 Å². The van der Waals surface area contributed by atoms with E-state index < -0.39 is 0 Å². The molecule has 3 heteroatoms. The quantitative estimate of drug-likeness (QED) is 0.748. The van der Waals surface area contributed by atoms with Gasteiger partial charge in [-0.05, 0) is 45.3 Å². The first-order valence-corrected chi connectivity index (χ1v) is 8.04. The summed E-state index contributed by atoms with van der Waals surface area (Å²) in [4.78, 5) is 5.48. The highest BCUT2D eigenvalue weighted by Gasteiger charge is 2.32. The zero-order chi connectivity index (χ0) is 12.8. The van der Waals surface area contributed by atoms with E-state index in [1.165, 1.54) is 64.8 Å². The van der Waals surface area contributed by atoms with Crippen LogP contribution in [-0.4, -0.2) is 61.2 Å². The van der Waals surface area contributed by atoms with Crippen LogP contribution >= 0.6 is 0 Å². The van der Waals surface area contributed by atoms with E-state index >= 15 is 0 Å². The molecule has 2 rings (SSSR count). The lowest BCUT2D eigenvalue weighted by atomic mass is 10.1. The van der Waals surface area contributed by atoms with E-state index in [9.17, 15) is 0 Å². The predicted molar refractivity (Wildman–Crippen MR) is 78.0 cm³/mol. The zero-order valence-electron chi connectivity index (χ0n) is 12.3. The third-order valence-corrected chi connectivity index (χ3v) is 4.62. The molecule has 0 aromatic heterocycles. The van der Waals surface area contributed by atoms with E-state index in [1.54, 1.807) is 0 Å². The average molecular weight is 253 g/mol. The molecule has 2 aliphatic rings. The summed E-state index contributed by atoms with van der Waals surface area (Å²) < 4.78 is 0. The molecule has 2 saturated heterocycles. The van der Waals surface area contributed by atoms with Crippen molar-refractivity contribution in [3.63, 3.8) is 0 Å². The van der Waals surface area contributed by atoms with Crippen molar-refractivity contribution in [3.05, 3.63) is 0 Å². The van der Waals surface area contributed by atoms with Crippen LogP contribution < -0.4 is 5.32 Å². The van der Waals surface area contributed by atoms with Gasteiger partial charge in [-0.3, -0.25) is 9.80 Å². The van der Waals surface area contributed by atoms with Gasteiger partial charge in [0, 0.05) is 31.7 Å². The molecule has 0 aromatic rings. The Morgan fingerprint density at radius 2 is 1.94 bits per heavy atom. The number of likely N-dealkylation sites (tertiary alicyclic amines) is 2. The van der Waals surface area contributed by atoms with Crippen LogP contribution in [0.4, 0.5) is 0 Å². The molecule has 2 atom stereocenters. The summed E-state index contributed by atoms with van der Waals surface area (Å²) in [5.74, 6) is 0. The van der Waals surface area contributed by atoms with Gasteiger partial charge < -0.3 is 5.32 Å². The van der Waals surface area contributed by atoms with Crippen LogP contribution in [0.15, 0.2) is 0 Å². The molecule has 0 spiro atoms. The lowest BCUT2D eigenvalue weighted by molar-refractivity contribution is 0.189. The van der Waals surface area contributed by atoms with Crippen molar-refractivity contribution in [2.24, 2.45) is 0 Å². The first kappa shape index (κ1) is 14.3. The third-order valence-electron chi connectivity index (χ3n) is 4.62. The second-order valence-corrected chi connectivity index (χ2v) is 5.93. The third kappa shape index (κ3) is 3.69. The van der Waals surface area contributed by atoms with Gasteiger partial charge in [0.1, 0.15) is 0 Å². The number of hydrogen-bond acceptors (Lipinski definition) is 3. The second-order valence-electron chi connectivity index (χ2n) is 5.93. The minimum Gasteiger partial charge on any atom is -0.315 e. The Bertz CT molecular complexity index is 226. The van der Waals surface area contributed by atoms with Crippen LogP contribution in [0.1, 0.15) is 46.0 Å². The second kappa shape index (κ2) is 7.46. The summed E-state index contributed by atoms with van der Waals surface area (Å²) in [7, 11) is 0. The highest BCUT2D eigenvalue weighted by Crippen LogP contribution is 2.23. The molecule has 106 valence electrons. The fourth-order valence-corrected chi connectivity index (χ4v) is 3.56. The van der Waals surface area contributed by atoms with Crippen molar-refractivity contribution in [1.82, 2.24) is 15.1 Å². The molecular formula is C15H31N3. The lowest BCUT2D eigenvalue weighted by Gasteiger charge is -2.29. The Morgan fingerprint density at radius 1 is 1.17 bits per heavy atom. The first-order valence-electron chi connectivity index (χ1n) is 8.04. The molecular weight excluding hydrogens is 222 g/mol. The molecule has 2 unspecified atom stereocenters. The monoisotopic (exact) mass is 253 g/mol. The lowest BCUT2D eigenvalue weighted by Crippen LogP contribution is -2.43. The predicted octanol–water partition coefficient (Wildman–Crippen LogP) is 1.93. The molecule has 2 heterocycles. The van der Waals surface area contributed by atoms with Gasteiger partial charge in [0.05, 0.1) is 0 Å². The van der Waals surface area contributed by atoms with Crippen molar-refractivity contribution in [2.45, 2.75) is 58.0 Å². The van der Waals surface area contributed by atoms with Crippen molar-refractivity contribution in [2.75, 3.05) is 39.3 Å². The standard InChI is InChI=1S/C15H31N3/c1-3-7-14(12-16-4-2)18-11-8-15(13-18)17-9-5-6-10-17/h14-16H,3-13H2,1-2H3. The van der Waals surface area contributed by atoms with E-state index in [0.29, 0.717) is 0 Å². The Balaban J connectivity index is 1.80. The van der Waals surface area contributed by atoms with Crippen molar-refractivity contribution < 1.29 is 0 Å². The van der Waals surface area contributed by atoms with Crippen LogP contribution in [0.5, 0.6) is 0 Å². The van der Waals surface area contributed by atoms with E-state index in [2.05, 4.69) is 29.0 Å². The summed E-state index contributed by atoms with van der Waals surface area (Å²) >= 11 is 0. The van der Waals surface area contributed by atoms with Gasteiger partial charge in [-0.2, -0.15) is 0 Å². The Morgan fingerprint density at radius 3 is 2.61 bits per heavy atom. The average Bonchev–Trinajstić information content (AvgIpc) is 3.03. The Labute approximate surface area is 113 Å². The van der Waals surface area contributed by atoms with Gasteiger partial charge >= 0.3 is 0 Å². The summed E-state index contributed by atoms with van der Waals surface area (Å²) in [6, 6.07) is 1.62. The fraction of sp³-hybridized carbons (Fsp3) is 1.00. The van der Waals surface area contributed by atoms with Crippen LogP contribution in [0, 0.1) is 0 Å². The van der Waals surface area contributed by atoms with Gasteiger partial charge in [-0.1, -0.05) is 20.3 Å². The van der Waals surface area contributed by atoms with E-state index in [-0.39, 0.29) is 0 Å². The molecule has 18 heavy (non-hydrogen) atoms. The summed E-state index contributed by atoms with van der Waals surface area (Å²) in [5, 5.41) is 3.54. The molecule has 3 nitrogen and oxygen atoms in total. The van der Waals surface area contributed by atoms with Crippen LogP contribution in [-0.2, 0) is 0 Å². The van der Waals surface area contributed by atoms with E-state index in [4.69, 9.17) is 0 Å². The zero-order valence-corrected chi connectivity index (χ0v) is 12.3. The van der Waals surface area contributed by atoms with Crippen LogP contribution in [0.2, 0.25) is 0 Å². The number of rotatable bonds is 7. The normalized spacial score (nSPS) is 28.0. The number of nitrogens with zero attached hydrogens (tertiary/aromatic N) is 2. The fourth-order valence-electron chi connectivity index (χ4n) is 3.56. The molecule has 0 aliphatic carbocycles. The minimum atomic E-state index is 0.766. The van der Waals surface area contributed by atoms with Crippen LogP contribution in [0.25, 0.3) is 0 Å². The largest absolute Gasteiger partial charge is 0.315 e. The van der Waals surface area contributed by atoms with Gasteiger partial charge in [0.25, 0.3) is 0 Å². The van der Waals surface area contributed by atoms with Crippen LogP contribution in [0.3, 0.4) is 0 Å². The minimum absolute atomic E-state index is 0.766. The maximum atomic E-state index is 3.54. The van der Waals surface area contributed by atoms with E-state index in [0.717, 1.165) is 18.6 Å². The van der Waals surface area contributed by atoms with Crippen molar-refractivity contribution in [1.29, 1.82) is 0 Å². The molecule has 0 bridgehead atoms. The Hall–Kier alpha value is -0.120. The smallest absolute Gasteiger partial charge is 0.0235 e. The molecule has 1 N–H and O–H groups in total. The number of hydrogen-bond donors (Lipinski definition) is 1. The highest BCUT2D eigenvalue weighted by atomic mass is 15.3. The van der Waals surface area contributed by atoms with Gasteiger partial charge in [0.15, 0.2) is 0 Å². The van der Waals surface area contributed by atoms with Gasteiger partial charge in [-0.15, -0.1) is 0 Å². The highest BCUT2D eigenvalue weighted by molar-refractivity contribution is 4.89. The maximum Gasteiger partial charge on any atom is 0.0235 e. The summed E-state index contributed by atoms with van der Waals surface area (Å²) in [5.41, 5.74) is 0. The molecule has 0 amide bonds. The van der Waals surface area contributed by atoms with Gasteiger partial charge in [0.2, 0.25) is 0 Å². The molecule has 2 fully saturated rings. The van der Waals surface area contributed by atoms with E-state index in [1.807, 2.05) is 0 Å². The molecule has 2 aliphatic heterocycles. The summed E-state index contributed by atoms with van der Waals surface area (Å²) in [6.07, 6.45) is 6.89. The summed E-state index contributed by atoms with van der Waals surface area (Å²) in [6.45, 7) is 12.1. The molecule has 0 saturated carbocycles. The number of likely N-dealkylation sites (N-methyl/N-ethyl adjacent to an activating group) is 1. The molecule has 0 radical (unpaired) electrons. The van der Waals surface area contributed by atoms with Crippen molar-refractivity contribution >= 4 is 0 Å². The van der Waals surface area contributed by atoms with Crippen molar-refractivity contribution in [3.8, 4) is 0 Å². The Kier molecular flexibility index (Phi) is 5.93. The SMILES string of the molecule is CCCC(CNCC)N1CCC(N2CCCC2)C1.